The molecular formula is C11H13N3O. The second-order valence-electron chi connectivity index (χ2n) is 3.50. The zero-order chi connectivity index (χ0) is 10.7. The number of nitrogens with zero attached hydrogens (tertiary/aromatic N) is 1. The van der Waals surface area contributed by atoms with Crippen molar-refractivity contribution >= 4 is 17.4 Å². The van der Waals surface area contributed by atoms with Gasteiger partial charge in [0.25, 0.3) is 0 Å². The van der Waals surface area contributed by atoms with Crippen LogP contribution < -0.4 is 11.1 Å². The summed E-state index contributed by atoms with van der Waals surface area (Å²) < 4.78 is 0. The maximum Gasteiger partial charge on any atom is 0.248 e. The number of hydrogen-bond donors (Lipinski definition) is 2. The van der Waals surface area contributed by atoms with Crippen LogP contribution in [0.5, 0.6) is 0 Å². The Kier molecular flexibility index (Phi) is 2.67. The van der Waals surface area contributed by atoms with E-state index in [9.17, 15) is 4.79 Å². The first-order valence-electron chi connectivity index (χ1n) is 4.96. The zero-order valence-electron chi connectivity index (χ0n) is 8.36. The van der Waals surface area contributed by atoms with Crippen molar-refractivity contribution in [3.63, 3.8) is 0 Å². The minimum atomic E-state index is -0.403. The smallest absolute Gasteiger partial charge is 0.248 e. The second kappa shape index (κ2) is 4.13. The van der Waals surface area contributed by atoms with E-state index in [4.69, 9.17) is 5.73 Å². The molecule has 0 unspecified atom stereocenters. The molecule has 1 aliphatic rings. The van der Waals surface area contributed by atoms with Gasteiger partial charge < -0.3 is 11.1 Å². The van der Waals surface area contributed by atoms with Gasteiger partial charge in [-0.3, -0.25) is 9.79 Å². The number of nitrogens with one attached hydrogen (secondary N) is 1. The van der Waals surface area contributed by atoms with E-state index in [0.29, 0.717) is 5.56 Å². The van der Waals surface area contributed by atoms with Gasteiger partial charge in [-0.05, 0) is 30.7 Å². The number of amides is 1. The number of nitrogens with two attached hydrogens (primary N) is 1. The Bertz CT molecular complexity index is 395. The Labute approximate surface area is 88.2 Å². The minimum absolute atomic E-state index is 0.403. The molecule has 1 aromatic rings. The lowest BCUT2D eigenvalue weighted by molar-refractivity contribution is 0.100. The summed E-state index contributed by atoms with van der Waals surface area (Å²) in [4.78, 5) is 15.1. The normalized spacial score (nSPS) is 14.8. The van der Waals surface area contributed by atoms with Gasteiger partial charge in [-0.15, -0.1) is 0 Å². The van der Waals surface area contributed by atoms with Crippen LogP contribution in [-0.4, -0.2) is 18.3 Å². The molecule has 0 aliphatic carbocycles. The molecule has 0 radical (unpaired) electrons. The number of aliphatic imine (C=N–C) groups is 1. The lowest BCUT2D eigenvalue weighted by atomic mass is 10.2. The summed E-state index contributed by atoms with van der Waals surface area (Å²) in [6, 6.07) is 7.09. The Balaban J connectivity index is 2.06. The van der Waals surface area contributed by atoms with Crippen LogP contribution in [0.15, 0.2) is 29.3 Å². The lowest BCUT2D eigenvalue weighted by Gasteiger charge is -2.05. The predicted octanol–water partition coefficient (Wildman–Crippen LogP) is 1.39. The molecule has 2 rings (SSSR count). The van der Waals surface area contributed by atoms with Crippen LogP contribution in [0, 0.1) is 0 Å². The molecule has 0 fully saturated rings. The molecule has 1 heterocycles. The molecule has 0 saturated carbocycles. The van der Waals surface area contributed by atoms with Gasteiger partial charge in [0.1, 0.15) is 5.84 Å². The molecule has 3 N–H and O–H groups in total. The first-order chi connectivity index (χ1) is 7.25. The number of carbonyl (C=O) groups is 1. The Morgan fingerprint density at radius 2 is 2.07 bits per heavy atom. The van der Waals surface area contributed by atoms with Crippen LogP contribution in [-0.2, 0) is 0 Å². The van der Waals surface area contributed by atoms with E-state index in [1.807, 2.05) is 12.1 Å². The highest BCUT2D eigenvalue weighted by atomic mass is 16.1. The third-order valence-corrected chi connectivity index (χ3v) is 2.33. The molecule has 15 heavy (non-hydrogen) atoms. The standard InChI is InChI=1S/C11H13N3O/c12-11(15)8-3-5-9(6-4-8)14-10-2-1-7-13-10/h3-6H,1-2,7H2,(H2,12,15)(H,13,14). The van der Waals surface area contributed by atoms with Gasteiger partial charge in [0.15, 0.2) is 0 Å². The first-order valence-corrected chi connectivity index (χ1v) is 4.96. The van der Waals surface area contributed by atoms with Gasteiger partial charge >= 0.3 is 0 Å². The third kappa shape index (κ3) is 2.34. The molecule has 4 nitrogen and oxygen atoms in total. The number of hydrogen-bond acceptors (Lipinski definition) is 3. The summed E-state index contributed by atoms with van der Waals surface area (Å²) >= 11 is 0. The topological polar surface area (TPSA) is 67.5 Å². The van der Waals surface area contributed by atoms with Crippen molar-refractivity contribution in [1.29, 1.82) is 0 Å². The summed E-state index contributed by atoms with van der Waals surface area (Å²) in [5.41, 5.74) is 6.61. The number of primary amides is 1. The maximum absolute atomic E-state index is 10.8. The fourth-order valence-electron chi connectivity index (χ4n) is 1.53. The fourth-order valence-corrected chi connectivity index (χ4v) is 1.53. The van der Waals surface area contributed by atoms with Crippen LogP contribution >= 0.6 is 0 Å². The molecule has 0 atom stereocenters. The van der Waals surface area contributed by atoms with Crippen LogP contribution in [0.4, 0.5) is 5.69 Å². The molecule has 78 valence electrons. The zero-order valence-corrected chi connectivity index (χ0v) is 8.36. The average Bonchev–Trinajstić information content (AvgIpc) is 2.71. The summed E-state index contributed by atoms with van der Waals surface area (Å²) in [7, 11) is 0. The van der Waals surface area contributed by atoms with Gasteiger partial charge in [-0.2, -0.15) is 0 Å². The van der Waals surface area contributed by atoms with Crippen LogP contribution in [0.2, 0.25) is 0 Å². The van der Waals surface area contributed by atoms with Gasteiger partial charge in [0, 0.05) is 24.2 Å². The van der Waals surface area contributed by atoms with Crippen LogP contribution in [0.3, 0.4) is 0 Å². The van der Waals surface area contributed by atoms with Gasteiger partial charge in [0.2, 0.25) is 5.91 Å². The number of amidine groups is 1. The monoisotopic (exact) mass is 203 g/mol. The summed E-state index contributed by atoms with van der Waals surface area (Å²) in [6.07, 6.45) is 2.11. The first kappa shape index (κ1) is 9.71. The molecule has 0 saturated heterocycles. The Hall–Kier alpha value is -1.84. The number of anilines is 1. The number of benzene rings is 1. The van der Waals surface area contributed by atoms with Crippen molar-refractivity contribution in [3.8, 4) is 0 Å². The van der Waals surface area contributed by atoms with Gasteiger partial charge in [-0.1, -0.05) is 0 Å². The SMILES string of the molecule is NC(=O)c1ccc(NC2=NCCC2)cc1. The van der Waals surface area contributed by atoms with Gasteiger partial charge in [0.05, 0.1) is 0 Å². The molecule has 1 aliphatic heterocycles. The Morgan fingerprint density at radius 1 is 1.33 bits per heavy atom. The van der Waals surface area contributed by atoms with Crippen LogP contribution in [0.1, 0.15) is 23.2 Å². The maximum atomic E-state index is 10.8. The van der Waals surface area contributed by atoms with Crippen molar-refractivity contribution in [2.75, 3.05) is 11.9 Å². The van der Waals surface area contributed by atoms with Crippen molar-refractivity contribution < 1.29 is 4.79 Å². The highest BCUT2D eigenvalue weighted by Crippen LogP contribution is 2.12. The largest absolute Gasteiger partial charge is 0.366 e. The van der Waals surface area contributed by atoms with E-state index >= 15 is 0 Å². The number of rotatable bonds is 2. The van der Waals surface area contributed by atoms with Crippen LogP contribution in [0.25, 0.3) is 0 Å². The van der Waals surface area contributed by atoms with E-state index in [1.165, 1.54) is 0 Å². The highest BCUT2D eigenvalue weighted by molar-refractivity contribution is 5.97. The summed E-state index contributed by atoms with van der Waals surface area (Å²) in [5, 5.41) is 3.20. The fraction of sp³-hybridized carbons (Fsp3) is 0.273. The molecule has 4 heteroatoms. The van der Waals surface area contributed by atoms with Crippen molar-refractivity contribution in [2.24, 2.45) is 10.7 Å². The Morgan fingerprint density at radius 3 is 2.60 bits per heavy atom. The minimum Gasteiger partial charge on any atom is -0.366 e. The van der Waals surface area contributed by atoms with E-state index in [2.05, 4.69) is 10.3 Å². The van der Waals surface area contributed by atoms with Crippen molar-refractivity contribution in [3.05, 3.63) is 29.8 Å². The molecule has 0 spiro atoms. The summed E-state index contributed by atoms with van der Waals surface area (Å²) in [6.45, 7) is 0.904. The molecule has 1 aromatic carbocycles. The molecule has 1 amide bonds. The molecular weight excluding hydrogens is 190 g/mol. The van der Waals surface area contributed by atoms with Crippen molar-refractivity contribution in [1.82, 2.24) is 0 Å². The summed E-state index contributed by atoms with van der Waals surface area (Å²) in [5.74, 6) is 0.613. The third-order valence-electron chi connectivity index (χ3n) is 2.33. The van der Waals surface area contributed by atoms with E-state index in [1.54, 1.807) is 12.1 Å². The highest BCUT2D eigenvalue weighted by Gasteiger charge is 2.06. The van der Waals surface area contributed by atoms with E-state index in [0.717, 1.165) is 30.9 Å². The predicted molar refractivity (Wildman–Crippen MR) is 60.1 cm³/mol. The van der Waals surface area contributed by atoms with Gasteiger partial charge in [-0.25, -0.2) is 0 Å². The molecule has 0 bridgehead atoms. The number of carbonyl (C=O) groups excluding carboxylic acids is 1. The lowest BCUT2D eigenvalue weighted by Crippen LogP contribution is -2.11. The van der Waals surface area contributed by atoms with E-state index < -0.39 is 5.91 Å². The average molecular weight is 203 g/mol. The van der Waals surface area contributed by atoms with Crippen molar-refractivity contribution in [2.45, 2.75) is 12.8 Å². The molecule has 0 aromatic heterocycles. The van der Waals surface area contributed by atoms with E-state index in [-0.39, 0.29) is 0 Å². The quantitative estimate of drug-likeness (QED) is 0.762. The second-order valence-corrected chi connectivity index (χ2v) is 3.50.